The second-order valence-electron chi connectivity index (χ2n) is 2.89. The second-order valence-corrected chi connectivity index (χ2v) is 3.25. The van der Waals surface area contributed by atoms with E-state index in [4.69, 9.17) is 11.6 Å². The fraction of sp³-hybridized carbons (Fsp3) is 0.111. The Hall–Kier alpha value is -1.35. The van der Waals surface area contributed by atoms with Gasteiger partial charge in [0.2, 0.25) is 0 Å². The maximum Gasteiger partial charge on any atom is 0.272 e. The number of aromatic amines is 1. The van der Waals surface area contributed by atoms with Crippen LogP contribution in [0.5, 0.6) is 0 Å². The molecule has 3 nitrogen and oxygen atoms in total. The lowest BCUT2D eigenvalue weighted by molar-refractivity contribution is 1.01. The Morgan fingerprint density at radius 2 is 2.15 bits per heavy atom. The molecule has 2 aromatic rings. The zero-order valence-electron chi connectivity index (χ0n) is 6.97. The van der Waals surface area contributed by atoms with Gasteiger partial charge in [0.25, 0.3) is 5.56 Å². The highest BCUT2D eigenvalue weighted by Crippen LogP contribution is 2.18. The molecule has 0 saturated carbocycles. The van der Waals surface area contributed by atoms with E-state index in [0.29, 0.717) is 15.9 Å². The summed E-state index contributed by atoms with van der Waals surface area (Å²) in [6.07, 6.45) is 0. The first-order valence-corrected chi connectivity index (χ1v) is 4.21. The number of nitrogens with zero attached hydrogens (tertiary/aromatic N) is 1. The third kappa shape index (κ3) is 1.31. The van der Waals surface area contributed by atoms with Crippen LogP contribution >= 0.6 is 11.6 Å². The quantitative estimate of drug-likeness (QED) is 0.696. The van der Waals surface area contributed by atoms with Crippen molar-refractivity contribution in [2.45, 2.75) is 6.92 Å². The number of halogens is 1. The number of hydrogen-bond donors (Lipinski definition) is 1. The third-order valence-corrected chi connectivity index (χ3v) is 2.19. The summed E-state index contributed by atoms with van der Waals surface area (Å²) in [7, 11) is 0. The van der Waals surface area contributed by atoms with Crippen LogP contribution in [0, 0.1) is 6.92 Å². The highest BCUT2D eigenvalue weighted by Gasteiger charge is 2.03. The van der Waals surface area contributed by atoms with E-state index in [1.807, 2.05) is 19.1 Å². The number of aromatic nitrogens is 2. The minimum atomic E-state index is -0.209. The maximum atomic E-state index is 11.3. The van der Waals surface area contributed by atoms with Gasteiger partial charge in [-0.25, -0.2) is 5.10 Å². The molecule has 1 heterocycles. The minimum Gasteiger partial charge on any atom is -0.267 e. The van der Waals surface area contributed by atoms with Gasteiger partial charge < -0.3 is 0 Å². The Morgan fingerprint density at radius 1 is 1.38 bits per heavy atom. The predicted octanol–water partition coefficient (Wildman–Crippen LogP) is 1.88. The van der Waals surface area contributed by atoms with E-state index in [2.05, 4.69) is 10.2 Å². The molecule has 0 atom stereocenters. The molecule has 1 aromatic heterocycles. The second kappa shape index (κ2) is 2.85. The maximum absolute atomic E-state index is 11.3. The average Bonchev–Trinajstić information content (AvgIpc) is 2.12. The largest absolute Gasteiger partial charge is 0.272 e. The van der Waals surface area contributed by atoms with Gasteiger partial charge >= 0.3 is 0 Å². The standard InChI is InChI=1S/C9H7ClN2O/c1-5-2-3-6-7(4-5)8(10)11-12-9(6)13/h2-4H,1H3,(H,12,13). The Balaban J connectivity index is 3.01. The molecule has 13 heavy (non-hydrogen) atoms. The van der Waals surface area contributed by atoms with Gasteiger partial charge in [-0.3, -0.25) is 4.79 Å². The van der Waals surface area contributed by atoms with Crippen LogP contribution in [0.3, 0.4) is 0 Å². The summed E-state index contributed by atoms with van der Waals surface area (Å²) >= 11 is 5.82. The van der Waals surface area contributed by atoms with Crippen molar-refractivity contribution in [1.82, 2.24) is 10.2 Å². The molecule has 0 bridgehead atoms. The molecule has 0 radical (unpaired) electrons. The molecule has 1 aromatic carbocycles. The third-order valence-electron chi connectivity index (χ3n) is 1.90. The molecule has 0 aliphatic heterocycles. The van der Waals surface area contributed by atoms with Crippen LogP contribution in [0.1, 0.15) is 5.56 Å². The smallest absolute Gasteiger partial charge is 0.267 e. The zero-order valence-corrected chi connectivity index (χ0v) is 7.72. The van der Waals surface area contributed by atoms with Gasteiger partial charge in [0.05, 0.1) is 5.39 Å². The summed E-state index contributed by atoms with van der Waals surface area (Å²) < 4.78 is 0. The number of rotatable bonds is 0. The number of aryl methyl sites for hydroxylation is 1. The van der Waals surface area contributed by atoms with Gasteiger partial charge in [0.15, 0.2) is 5.15 Å². The lowest BCUT2D eigenvalue weighted by atomic mass is 10.1. The monoisotopic (exact) mass is 194 g/mol. The average molecular weight is 195 g/mol. The van der Waals surface area contributed by atoms with Gasteiger partial charge in [-0.1, -0.05) is 23.2 Å². The summed E-state index contributed by atoms with van der Waals surface area (Å²) in [4.78, 5) is 11.3. The van der Waals surface area contributed by atoms with Crippen LogP contribution in [-0.4, -0.2) is 10.2 Å². The molecule has 66 valence electrons. The lowest BCUT2D eigenvalue weighted by Crippen LogP contribution is -2.08. The van der Waals surface area contributed by atoms with Crippen LogP contribution in [-0.2, 0) is 0 Å². The minimum absolute atomic E-state index is 0.209. The van der Waals surface area contributed by atoms with Gasteiger partial charge in [-0.2, -0.15) is 5.10 Å². The van der Waals surface area contributed by atoms with E-state index < -0.39 is 0 Å². The van der Waals surface area contributed by atoms with Crippen molar-refractivity contribution in [3.05, 3.63) is 39.3 Å². The van der Waals surface area contributed by atoms with Crippen LogP contribution in [0.25, 0.3) is 10.8 Å². The molecule has 0 spiro atoms. The van der Waals surface area contributed by atoms with Gasteiger partial charge in [-0.15, -0.1) is 0 Å². The zero-order chi connectivity index (χ0) is 9.42. The van der Waals surface area contributed by atoms with Crippen LogP contribution < -0.4 is 5.56 Å². The van der Waals surface area contributed by atoms with E-state index in [0.717, 1.165) is 5.56 Å². The van der Waals surface area contributed by atoms with Crippen LogP contribution in [0.4, 0.5) is 0 Å². The summed E-state index contributed by atoms with van der Waals surface area (Å²) in [6.45, 7) is 1.94. The van der Waals surface area contributed by atoms with Crippen molar-refractivity contribution in [3.8, 4) is 0 Å². The first kappa shape index (κ1) is 8.26. The SMILES string of the molecule is Cc1ccc2c(=O)[nH]nc(Cl)c2c1. The van der Waals surface area contributed by atoms with Crippen molar-refractivity contribution in [3.63, 3.8) is 0 Å². The molecule has 0 unspecified atom stereocenters. The van der Waals surface area contributed by atoms with Crippen molar-refractivity contribution in [2.24, 2.45) is 0 Å². The molecule has 0 amide bonds. The van der Waals surface area contributed by atoms with E-state index >= 15 is 0 Å². The topological polar surface area (TPSA) is 45.8 Å². The van der Waals surface area contributed by atoms with Gasteiger partial charge in [0, 0.05) is 5.39 Å². The van der Waals surface area contributed by atoms with Crippen LogP contribution in [0.15, 0.2) is 23.0 Å². The molecular formula is C9H7ClN2O. The molecule has 1 N–H and O–H groups in total. The summed E-state index contributed by atoms with van der Waals surface area (Å²) in [5.74, 6) is 0. The first-order valence-electron chi connectivity index (χ1n) is 3.83. The van der Waals surface area contributed by atoms with E-state index in [1.54, 1.807) is 6.07 Å². The molecule has 0 aliphatic rings. The summed E-state index contributed by atoms with van der Waals surface area (Å²) in [6, 6.07) is 5.46. The highest BCUT2D eigenvalue weighted by atomic mass is 35.5. The summed E-state index contributed by atoms with van der Waals surface area (Å²) in [5, 5.41) is 7.61. The normalized spacial score (nSPS) is 10.6. The summed E-state index contributed by atoms with van der Waals surface area (Å²) in [5.41, 5.74) is 0.848. The fourth-order valence-electron chi connectivity index (χ4n) is 1.25. The Bertz CT molecular complexity index is 518. The van der Waals surface area contributed by atoms with Gasteiger partial charge in [-0.05, 0) is 19.1 Å². The Kier molecular flexibility index (Phi) is 1.81. The number of H-pyrrole nitrogens is 1. The Morgan fingerprint density at radius 3 is 2.92 bits per heavy atom. The Labute approximate surface area is 79.4 Å². The van der Waals surface area contributed by atoms with Crippen molar-refractivity contribution in [2.75, 3.05) is 0 Å². The highest BCUT2D eigenvalue weighted by molar-refractivity contribution is 6.34. The molecular weight excluding hydrogens is 188 g/mol. The van der Waals surface area contributed by atoms with E-state index in [-0.39, 0.29) is 5.56 Å². The lowest BCUT2D eigenvalue weighted by Gasteiger charge is -1.98. The van der Waals surface area contributed by atoms with Crippen molar-refractivity contribution < 1.29 is 0 Å². The molecule has 4 heteroatoms. The predicted molar refractivity (Wildman–Crippen MR) is 52.1 cm³/mol. The molecule has 0 fully saturated rings. The number of fused-ring (bicyclic) bond motifs is 1. The molecule has 0 aliphatic carbocycles. The number of hydrogen-bond acceptors (Lipinski definition) is 2. The van der Waals surface area contributed by atoms with E-state index in [1.165, 1.54) is 0 Å². The first-order chi connectivity index (χ1) is 6.18. The number of benzene rings is 1. The van der Waals surface area contributed by atoms with Crippen molar-refractivity contribution in [1.29, 1.82) is 0 Å². The molecule has 2 rings (SSSR count). The van der Waals surface area contributed by atoms with Crippen molar-refractivity contribution >= 4 is 22.4 Å². The number of nitrogens with one attached hydrogen (secondary N) is 1. The van der Waals surface area contributed by atoms with Gasteiger partial charge in [0.1, 0.15) is 0 Å². The van der Waals surface area contributed by atoms with E-state index in [9.17, 15) is 4.79 Å². The fourth-order valence-corrected chi connectivity index (χ4v) is 1.45. The molecule has 0 saturated heterocycles. The van der Waals surface area contributed by atoms with Crippen LogP contribution in [0.2, 0.25) is 5.15 Å².